The minimum Gasteiger partial charge on any atom is -0.393 e. The van der Waals surface area contributed by atoms with E-state index < -0.39 is 36.4 Å². The second kappa shape index (κ2) is 15.9. The fourth-order valence-corrected chi connectivity index (χ4v) is 4.91. The zero-order valence-corrected chi connectivity index (χ0v) is 24.1. The summed E-state index contributed by atoms with van der Waals surface area (Å²) in [6.07, 6.45) is -4.40. The van der Waals surface area contributed by atoms with Gasteiger partial charge in [-0.2, -0.15) is 0 Å². The van der Waals surface area contributed by atoms with Gasteiger partial charge in [0.25, 0.3) is 5.91 Å². The van der Waals surface area contributed by atoms with E-state index >= 15 is 0 Å². The summed E-state index contributed by atoms with van der Waals surface area (Å²) >= 11 is 0. The second-order valence-corrected chi connectivity index (χ2v) is 10.8. The highest BCUT2D eigenvalue weighted by Crippen LogP contribution is 2.25. The normalized spacial score (nSPS) is 17.8. The van der Waals surface area contributed by atoms with E-state index in [0.717, 1.165) is 16.7 Å². The van der Waals surface area contributed by atoms with Gasteiger partial charge >= 0.3 is 0 Å². The molecule has 0 spiro atoms. The number of amides is 1. The minimum absolute atomic E-state index is 0.0255. The molecule has 0 radical (unpaired) electrons. The van der Waals surface area contributed by atoms with E-state index in [1.807, 2.05) is 98.0 Å². The Morgan fingerprint density at radius 2 is 1.26 bits per heavy atom. The molecule has 4 rings (SSSR count). The van der Waals surface area contributed by atoms with Gasteiger partial charge in [-0.3, -0.25) is 4.79 Å². The highest BCUT2D eigenvalue weighted by Gasteiger charge is 2.48. The van der Waals surface area contributed by atoms with Crippen LogP contribution >= 0.6 is 0 Å². The standard InChI is InChI=1S/C33H42N2O7/c1-34-17-19-35(20-18-34)32(38)30(41-22-27-13-7-3-8-14-27)29(37)31(42-23-28-15-9-4-10-16-28)33(39,24-36)25-40-21-26-11-5-2-6-12-26/h2-16,29-31,36-37,39H,17-25H2,1H3. The third-order valence-electron chi connectivity index (χ3n) is 7.49. The number of piperazine rings is 1. The first-order valence-corrected chi connectivity index (χ1v) is 14.3. The van der Waals surface area contributed by atoms with Crippen LogP contribution in [0.4, 0.5) is 0 Å². The minimum atomic E-state index is -2.04. The molecular weight excluding hydrogens is 536 g/mol. The molecule has 3 aromatic rings. The predicted molar refractivity (Wildman–Crippen MR) is 158 cm³/mol. The van der Waals surface area contributed by atoms with Crippen molar-refractivity contribution in [2.24, 2.45) is 0 Å². The van der Waals surface area contributed by atoms with Crippen molar-refractivity contribution in [3.05, 3.63) is 108 Å². The molecule has 1 heterocycles. The van der Waals surface area contributed by atoms with E-state index in [1.54, 1.807) is 4.90 Å². The number of carbonyl (C=O) groups excluding carboxylic acids is 1. The Morgan fingerprint density at radius 3 is 1.76 bits per heavy atom. The van der Waals surface area contributed by atoms with Gasteiger partial charge in [0, 0.05) is 26.2 Å². The second-order valence-electron chi connectivity index (χ2n) is 10.8. The zero-order chi connectivity index (χ0) is 29.8. The first kappa shape index (κ1) is 31.8. The van der Waals surface area contributed by atoms with E-state index in [0.29, 0.717) is 26.2 Å². The Hall–Kier alpha value is -3.15. The SMILES string of the molecule is CN1CCN(C(=O)C(OCc2ccccc2)C(O)C(OCc2ccccc2)C(O)(CO)COCc2ccccc2)CC1. The van der Waals surface area contributed by atoms with Crippen LogP contribution in [-0.4, -0.2) is 101 Å². The molecule has 3 aromatic carbocycles. The van der Waals surface area contributed by atoms with Crippen molar-refractivity contribution >= 4 is 5.91 Å². The van der Waals surface area contributed by atoms with Gasteiger partial charge in [0.15, 0.2) is 6.10 Å². The van der Waals surface area contributed by atoms with Gasteiger partial charge in [-0.25, -0.2) is 0 Å². The topological polar surface area (TPSA) is 112 Å². The number of rotatable bonds is 15. The average Bonchev–Trinajstić information content (AvgIpc) is 3.03. The number of aliphatic hydroxyl groups excluding tert-OH is 2. The lowest BCUT2D eigenvalue weighted by atomic mass is 9.90. The maximum absolute atomic E-state index is 13.9. The Labute approximate surface area is 247 Å². The van der Waals surface area contributed by atoms with Crippen LogP contribution in [0.5, 0.6) is 0 Å². The molecule has 226 valence electrons. The molecule has 0 aliphatic carbocycles. The summed E-state index contributed by atoms with van der Waals surface area (Å²) in [5.41, 5.74) is 0.465. The molecule has 0 saturated carbocycles. The Morgan fingerprint density at radius 1 is 0.786 bits per heavy atom. The summed E-state index contributed by atoms with van der Waals surface area (Å²) in [5, 5.41) is 34.0. The van der Waals surface area contributed by atoms with Crippen LogP contribution in [0.2, 0.25) is 0 Å². The number of hydrogen-bond acceptors (Lipinski definition) is 8. The van der Waals surface area contributed by atoms with Crippen LogP contribution in [0.3, 0.4) is 0 Å². The van der Waals surface area contributed by atoms with E-state index in [9.17, 15) is 20.1 Å². The molecule has 1 aliphatic rings. The molecule has 9 heteroatoms. The van der Waals surface area contributed by atoms with Gasteiger partial charge in [-0.1, -0.05) is 91.0 Å². The molecule has 42 heavy (non-hydrogen) atoms. The first-order valence-electron chi connectivity index (χ1n) is 14.3. The summed E-state index contributed by atoms with van der Waals surface area (Å²) in [6, 6.07) is 28.1. The van der Waals surface area contributed by atoms with Crippen molar-refractivity contribution in [2.75, 3.05) is 46.4 Å². The highest BCUT2D eigenvalue weighted by atomic mass is 16.5. The molecule has 0 aromatic heterocycles. The predicted octanol–water partition coefficient (Wildman–Crippen LogP) is 2.23. The molecule has 1 saturated heterocycles. The van der Waals surface area contributed by atoms with E-state index in [-0.39, 0.29) is 26.4 Å². The van der Waals surface area contributed by atoms with Crippen molar-refractivity contribution in [1.29, 1.82) is 0 Å². The van der Waals surface area contributed by atoms with Crippen LogP contribution in [0.25, 0.3) is 0 Å². The molecule has 4 unspecified atom stereocenters. The lowest BCUT2D eigenvalue weighted by Gasteiger charge is -2.41. The smallest absolute Gasteiger partial charge is 0.254 e. The van der Waals surface area contributed by atoms with Gasteiger partial charge in [0.1, 0.15) is 17.8 Å². The van der Waals surface area contributed by atoms with Crippen LogP contribution in [0, 0.1) is 0 Å². The number of likely N-dealkylation sites (N-methyl/N-ethyl adjacent to an activating group) is 1. The van der Waals surface area contributed by atoms with Gasteiger partial charge in [0.2, 0.25) is 0 Å². The largest absolute Gasteiger partial charge is 0.393 e. The fourth-order valence-electron chi connectivity index (χ4n) is 4.91. The molecule has 1 fully saturated rings. The van der Waals surface area contributed by atoms with Crippen LogP contribution in [0.1, 0.15) is 16.7 Å². The number of aliphatic hydroxyl groups is 3. The maximum atomic E-state index is 13.9. The summed E-state index contributed by atoms with van der Waals surface area (Å²) in [4.78, 5) is 17.6. The van der Waals surface area contributed by atoms with Crippen molar-refractivity contribution < 1.29 is 34.3 Å². The molecule has 3 N–H and O–H groups in total. The number of nitrogens with zero attached hydrogens (tertiary/aromatic N) is 2. The zero-order valence-electron chi connectivity index (χ0n) is 24.1. The van der Waals surface area contributed by atoms with Gasteiger partial charge in [-0.05, 0) is 23.7 Å². The molecule has 1 aliphatic heterocycles. The maximum Gasteiger partial charge on any atom is 0.254 e. The van der Waals surface area contributed by atoms with E-state index in [4.69, 9.17) is 14.2 Å². The van der Waals surface area contributed by atoms with Crippen LogP contribution in [-0.2, 0) is 38.8 Å². The number of benzene rings is 3. The number of hydrogen-bond donors (Lipinski definition) is 3. The highest BCUT2D eigenvalue weighted by molar-refractivity contribution is 5.82. The summed E-state index contributed by atoms with van der Waals surface area (Å²) in [6.45, 7) is 1.49. The number of carbonyl (C=O) groups is 1. The number of ether oxygens (including phenoxy) is 3. The third kappa shape index (κ3) is 8.92. The Balaban J connectivity index is 1.59. The average molecular weight is 579 g/mol. The molecular formula is C33H42N2O7. The lowest BCUT2D eigenvalue weighted by Crippen LogP contribution is -2.62. The van der Waals surface area contributed by atoms with Crippen LogP contribution in [0.15, 0.2) is 91.0 Å². The monoisotopic (exact) mass is 578 g/mol. The summed E-state index contributed by atoms with van der Waals surface area (Å²) in [5.74, 6) is -0.398. The quantitative estimate of drug-likeness (QED) is 0.252. The lowest BCUT2D eigenvalue weighted by molar-refractivity contribution is -0.220. The Kier molecular flexibility index (Phi) is 12.0. The van der Waals surface area contributed by atoms with E-state index in [2.05, 4.69) is 4.90 Å². The summed E-state index contributed by atoms with van der Waals surface area (Å²) in [7, 11) is 1.99. The van der Waals surface area contributed by atoms with Crippen LogP contribution < -0.4 is 0 Å². The third-order valence-corrected chi connectivity index (χ3v) is 7.49. The molecule has 4 atom stereocenters. The first-order chi connectivity index (χ1) is 20.4. The Bertz CT molecular complexity index is 1190. The molecule has 1 amide bonds. The van der Waals surface area contributed by atoms with Gasteiger partial charge < -0.3 is 39.3 Å². The summed E-state index contributed by atoms with van der Waals surface area (Å²) < 4.78 is 18.1. The van der Waals surface area contributed by atoms with Crippen molar-refractivity contribution in [1.82, 2.24) is 9.80 Å². The van der Waals surface area contributed by atoms with Gasteiger partial charge in [-0.15, -0.1) is 0 Å². The van der Waals surface area contributed by atoms with E-state index in [1.165, 1.54) is 0 Å². The van der Waals surface area contributed by atoms with Gasteiger partial charge in [0.05, 0.1) is 33.0 Å². The van der Waals surface area contributed by atoms with Crippen molar-refractivity contribution in [3.8, 4) is 0 Å². The molecule has 9 nitrogen and oxygen atoms in total. The molecule has 0 bridgehead atoms. The van der Waals surface area contributed by atoms with Crippen molar-refractivity contribution in [3.63, 3.8) is 0 Å². The van der Waals surface area contributed by atoms with Crippen molar-refractivity contribution in [2.45, 2.75) is 43.7 Å². The fraction of sp³-hybridized carbons (Fsp3) is 0.424.